The van der Waals surface area contributed by atoms with Crippen LogP contribution in [-0.4, -0.2) is 15.7 Å². The Bertz CT molecular complexity index is 847. The topological polar surface area (TPSA) is 46.9 Å². The zero-order valence-electron chi connectivity index (χ0n) is 12.0. The number of nitrogens with zero attached hydrogens (tertiary/aromatic N) is 2. The largest absolute Gasteiger partial charge is 0.307 e. The SMILES string of the molecule is O=C(Nc1ccnn1Cc1cccc(Br)c1)c1cccc(I)c1. The smallest absolute Gasteiger partial charge is 0.256 e. The van der Waals surface area contributed by atoms with Crippen LogP contribution >= 0.6 is 38.5 Å². The summed E-state index contributed by atoms with van der Waals surface area (Å²) in [7, 11) is 0. The Balaban J connectivity index is 1.77. The van der Waals surface area contributed by atoms with Gasteiger partial charge in [-0.1, -0.05) is 34.1 Å². The Hall–Kier alpha value is -1.67. The van der Waals surface area contributed by atoms with Gasteiger partial charge in [-0.3, -0.25) is 4.79 Å². The van der Waals surface area contributed by atoms with E-state index in [-0.39, 0.29) is 5.91 Å². The van der Waals surface area contributed by atoms with Gasteiger partial charge in [-0.25, -0.2) is 4.68 Å². The van der Waals surface area contributed by atoms with Gasteiger partial charge in [0.1, 0.15) is 5.82 Å². The molecule has 0 aliphatic heterocycles. The summed E-state index contributed by atoms with van der Waals surface area (Å²) in [6.07, 6.45) is 1.68. The molecule has 3 rings (SSSR count). The molecule has 0 saturated heterocycles. The Labute approximate surface area is 156 Å². The van der Waals surface area contributed by atoms with Crippen LogP contribution in [0.5, 0.6) is 0 Å². The summed E-state index contributed by atoms with van der Waals surface area (Å²) in [4.78, 5) is 12.4. The van der Waals surface area contributed by atoms with Crippen molar-refractivity contribution in [2.24, 2.45) is 0 Å². The molecule has 0 aliphatic rings. The van der Waals surface area contributed by atoms with E-state index in [9.17, 15) is 4.79 Å². The fraction of sp³-hybridized carbons (Fsp3) is 0.0588. The van der Waals surface area contributed by atoms with Crippen LogP contribution in [0.1, 0.15) is 15.9 Å². The minimum absolute atomic E-state index is 0.139. The lowest BCUT2D eigenvalue weighted by Crippen LogP contribution is -2.16. The van der Waals surface area contributed by atoms with E-state index in [1.807, 2.05) is 42.5 Å². The third kappa shape index (κ3) is 4.20. The maximum absolute atomic E-state index is 12.4. The standard InChI is InChI=1S/C17H13BrIN3O/c18-14-5-1-3-12(9-14)11-22-16(7-8-20-22)21-17(23)13-4-2-6-15(19)10-13/h1-10H,11H2,(H,21,23). The quantitative estimate of drug-likeness (QED) is 0.555. The van der Waals surface area contributed by atoms with Gasteiger partial charge in [-0.05, 0) is 58.5 Å². The molecule has 0 fully saturated rings. The van der Waals surface area contributed by atoms with Crippen LogP contribution < -0.4 is 5.32 Å². The van der Waals surface area contributed by atoms with Crippen LogP contribution in [0, 0.1) is 3.57 Å². The highest BCUT2D eigenvalue weighted by Gasteiger charge is 2.10. The van der Waals surface area contributed by atoms with E-state index in [4.69, 9.17) is 0 Å². The van der Waals surface area contributed by atoms with Crippen molar-refractivity contribution < 1.29 is 4.79 Å². The number of halogens is 2. The number of amides is 1. The highest BCUT2D eigenvalue weighted by molar-refractivity contribution is 14.1. The van der Waals surface area contributed by atoms with E-state index in [2.05, 4.69) is 48.9 Å². The molecule has 0 unspecified atom stereocenters. The zero-order valence-corrected chi connectivity index (χ0v) is 15.8. The maximum atomic E-state index is 12.4. The molecule has 116 valence electrons. The number of hydrogen-bond acceptors (Lipinski definition) is 2. The maximum Gasteiger partial charge on any atom is 0.256 e. The van der Waals surface area contributed by atoms with Crippen LogP contribution in [0.25, 0.3) is 0 Å². The molecular formula is C17H13BrIN3O. The summed E-state index contributed by atoms with van der Waals surface area (Å²) in [6, 6.07) is 17.3. The molecule has 23 heavy (non-hydrogen) atoms. The van der Waals surface area contributed by atoms with Crippen LogP contribution in [0.3, 0.4) is 0 Å². The highest BCUT2D eigenvalue weighted by Crippen LogP contribution is 2.16. The number of anilines is 1. The van der Waals surface area contributed by atoms with Gasteiger partial charge in [0.05, 0.1) is 12.7 Å². The van der Waals surface area contributed by atoms with Gasteiger partial charge >= 0.3 is 0 Å². The second-order valence-corrected chi connectivity index (χ2v) is 7.13. The van der Waals surface area contributed by atoms with Crippen molar-refractivity contribution in [3.8, 4) is 0 Å². The van der Waals surface area contributed by atoms with Gasteiger partial charge in [-0.2, -0.15) is 5.10 Å². The average Bonchev–Trinajstić information content (AvgIpc) is 2.94. The van der Waals surface area contributed by atoms with Gasteiger partial charge in [0.2, 0.25) is 0 Å². The molecule has 1 heterocycles. The van der Waals surface area contributed by atoms with Gasteiger partial charge in [-0.15, -0.1) is 0 Å². The molecule has 3 aromatic rings. The first-order valence-corrected chi connectivity index (χ1v) is 8.82. The van der Waals surface area contributed by atoms with E-state index >= 15 is 0 Å². The minimum Gasteiger partial charge on any atom is -0.307 e. The molecule has 0 bridgehead atoms. The molecular weight excluding hydrogens is 469 g/mol. The number of carbonyl (C=O) groups is 1. The normalized spacial score (nSPS) is 10.5. The van der Waals surface area contributed by atoms with Crippen LogP contribution in [0.2, 0.25) is 0 Å². The summed E-state index contributed by atoms with van der Waals surface area (Å²) in [5, 5.41) is 7.21. The van der Waals surface area contributed by atoms with Crippen LogP contribution in [-0.2, 0) is 6.54 Å². The van der Waals surface area contributed by atoms with E-state index in [1.165, 1.54) is 0 Å². The van der Waals surface area contributed by atoms with Crippen LogP contribution in [0.4, 0.5) is 5.82 Å². The fourth-order valence-electron chi connectivity index (χ4n) is 2.19. The van der Waals surface area contributed by atoms with Gasteiger partial charge in [0.25, 0.3) is 5.91 Å². The first-order valence-electron chi connectivity index (χ1n) is 6.95. The predicted molar refractivity (Wildman–Crippen MR) is 103 cm³/mol. The first-order chi connectivity index (χ1) is 11.1. The summed E-state index contributed by atoms with van der Waals surface area (Å²) in [5.74, 6) is 0.536. The van der Waals surface area contributed by atoms with Gasteiger partial charge in [0, 0.05) is 19.7 Å². The van der Waals surface area contributed by atoms with Crippen molar-refractivity contribution >= 4 is 50.2 Å². The van der Waals surface area contributed by atoms with Crippen LogP contribution in [0.15, 0.2) is 65.3 Å². The Kier molecular flexibility index (Phi) is 5.12. The lowest BCUT2D eigenvalue weighted by molar-refractivity contribution is 0.102. The summed E-state index contributed by atoms with van der Waals surface area (Å²) >= 11 is 5.65. The van der Waals surface area contributed by atoms with Crippen molar-refractivity contribution in [1.82, 2.24) is 9.78 Å². The number of aromatic nitrogens is 2. The molecule has 0 radical (unpaired) electrons. The number of hydrogen-bond donors (Lipinski definition) is 1. The van der Waals surface area contributed by atoms with E-state index < -0.39 is 0 Å². The fourth-order valence-corrected chi connectivity index (χ4v) is 3.18. The van der Waals surface area contributed by atoms with E-state index in [1.54, 1.807) is 23.0 Å². The van der Waals surface area contributed by atoms with Gasteiger partial charge in [0.15, 0.2) is 0 Å². The number of rotatable bonds is 4. The molecule has 0 atom stereocenters. The summed E-state index contributed by atoms with van der Waals surface area (Å²) < 4.78 is 3.82. The second-order valence-electron chi connectivity index (χ2n) is 4.97. The Morgan fingerprint density at radius 1 is 1.17 bits per heavy atom. The predicted octanol–water partition coefficient (Wildman–Crippen LogP) is 4.55. The lowest BCUT2D eigenvalue weighted by Gasteiger charge is -2.09. The molecule has 1 amide bonds. The monoisotopic (exact) mass is 481 g/mol. The first kappa shape index (κ1) is 16.2. The molecule has 0 saturated carbocycles. The molecule has 0 spiro atoms. The van der Waals surface area contributed by atoms with Gasteiger partial charge < -0.3 is 5.32 Å². The van der Waals surface area contributed by atoms with E-state index in [0.717, 1.165) is 13.6 Å². The Morgan fingerprint density at radius 3 is 2.78 bits per heavy atom. The molecule has 4 nitrogen and oxygen atoms in total. The number of benzene rings is 2. The third-order valence-corrected chi connectivity index (χ3v) is 4.43. The molecule has 2 aromatic carbocycles. The Morgan fingerprint density at radius 2 is 2.00 bits per heavy atom. The number of nitrogens with one attached hydrogen (secondary N) is 1. The van der Waals surface area contributed by atoms with Crippen molar-refractivity contribution in [3.63, 3.8) is 0 Å². The van der Waals surface area contributed by atoms with E-state index in [0.29, 0.717) is 17.9 Å². The highest BCUT2D eigenvalue weighted by atomic mass is 127. The van der Waals surface area contributed by atoms with Crippen molar-refractivity contribution in [1.29, 1.82) is 0 Å². The molecule has 1 N–H and O–H groups in total. The minimum atomic E-state index is -0.139. The molecule has 6 heteroatoms. The van der Waals surface area contributed by atoms with Crippen molar-refractivity contribution in [2.75, 3.05) is 5.32 Å². The third-order valence-electron chi connectivity index (χ3n) is 3.27. The zero-order chi connectivity index (χ0) is 16.2. The van der Waals surface area contributed by atoms with Crippen molar-refractivity contribution in [2.45, 2.75) is 6.54 Å². The second kappa shape index (κ2) is 7.27. The average molecular weight is 482 g/mol. The lowest BCUT2D eigenvalue weighted by atomic mass is 10.2. The van der Waals surface area contributed by atoms with Crippen molar-refractivity contribution in [3.05, 3.63) is 80.0 Å². The molecule has 1 aromatic heterocycles. The summed E-state index contributed by atoms with van der Waals surface area (Å²) in [6.45, 7) is 0.592. The summed E-state index contributed by atoms with van der Waals surface area (Å²) in [5.41, 5.74) is 1.74. The molecule has 0 aliphatic carbocycles. The number of carbonyl (C=O) groups excluding carboxylic acids is 1.